The van der Waals surface area contributed by atoms with Crippen LogP contribution < -0.4 is 11.1 Å². The lowest BCUT2D eigenvalue weighted by Gasteiger charge is -2.37. The number of hydrogen-bond donors (Lipinski definition) is 2. The molecule has 3 heteroatoms. The third-order valence-corrected chi connectivity index (χ3v) is 4.22. The Morgan fingerprint density at radius 1 is 1.00 bits per heavy atom. The largest absolute Gasteiger partial charge is 0.325 e. The molecule has 0 aliphatic rings. The molecule has 3 N–H and O–H groups in total. The minimum atomic E-state index is -0.663. The standard InChI is InChI=1S/C17H22N2O/c1-16(2,17(3,4)18)15(20)19-14-11-7-9-12-8-5-6-10-13(12)14/h5-11H,18H2,1-4H3,(H,19,20). The Labute approximate surface area is 120 Å². The van der Waals surface area contributed by atoms with E-state index in [4.69, 9.17) is 5.73 Å². The normalized spacial score (nSPS) is 12.4. The molecule has 106 valence electrons. The first-order valence-corrected chi connectivity index (χ1v) is 6.81. The molecule has 0 unspecified atom stereocenters. The molecular weight excluding hydrogens is 248 g/mol. The Hall–Kier alpha value is -1.87. The van der Waals surface area contributed by atoms with E-state index in [1.807, 2.05) is 70.2 Å². The second kappa shape index (κ2) is 4.91. The number of amides is 1. The Morgan fingerprint density at radius 3 is 2.25 bits per heavy atom. The molecule has 0 radical (unpaired) electrons. The molecule has 0 aliphatic carbocycles. The van der Waals surface area contributed by atoms with Crippen molar-refractivity contribution in [3.63, 3.8) is 0 Å². The molecule has 2 aromatic carbocycles. The minimum absolute atomic E-state index is 0.0682. The first-order valence-electron chi connectivity index (χ1n) is 6.81. The highest BCUT2D eigenvalue weighted by molar-refractivity contribution is 6.04. The quantitative estimate of drug-likeness (QED) is 0.896. The van der Waals surface area contributed by atoms with Crippen molar-refractivity contribution in [3.05, 3.63) is 42.5 Å². The van der Waals surface area contributed by atoms with Crippen LogP contribution in [0.3, 0.4) is 0 Å². The zero-order valence-electron chi connectivity index (χ0n) is 12.5. The van der Waals surface area contributed by atoms with Crippen molar-refractivity contribution in [3.8, 4) is 0 Å². The number of rotatable bonds is 3. The number of benzene rings is 2. The van der Waals surface area contributed by atoms with E-state index >= 15 is 0 Å². The van der Waals surface area contributed by atoms with Gasteiger partial charge in [-0.2, -0.15) is 0 Å². The van der Waals surface area contributed by atoms with Crippen molar-refractivity contribution in [2.75, 3.05) is 5.32 Å². The average molecular weight is 270 g/mol. The summed E-state index contributed by atoms with van der Waals surface area (Å²) in [5, 5.41) is 5.16. The second-order valence-electron chi connectivity index (χ2n) is 6.33. The average Bonchev–Trinajstić information content (AvgIpc) is 2.37. The maximum absolute atomic E-state index is 12.5. The van der Waals surface area contributed by atoms with Crippen LogP contribution in [0, 0.1) is 5.41 Å². The number of nitrogens with two attached hydrogens (primary N) is 1. The molecule has 0 aliphatic heterocycles. The lowest BCUT2D eigenvalue weighted by molar-refractivity contribution is -0.126. The van der Waals surface area contributed by atoms with Crippen LogP contribution in [0.5, 0.6) is 0 Å². The monoisotopic (exact) mass is 270 g/mol. The summed E-state index contributed by atoms with van der Waals surface area (Å²) in [6, 6.07) is 13.9. The third-order valence-electron chi connectivity index (χ3n) is 4.22. The van der Waals surface area contributed by atoms with Crippen LogP contribution in [0.1, 0.15) is 27.7 Å². The zero-order chi connectivity index (χ0) is 15.0. The van der Waals surface area contributed by atoms with Gasteiger partial charge in [-0.15, -0.1) is 0 Å². The molecule has 3 nitrogen and oxygen atoms in total. The highest BCUT2D eigenvalue weighted by atomic mass is 16.2. The molecule has 0 heterocycles. The van der Waals surface area contributed by atoms with Gasteiger partial charge in [0.1, 0.15) is 0 Å². The summed E-state index contributed by atoms with van der Waals surface area (Å²) < 4.78 is 0. The lowest BCUT2D eigenvalue weighted by Crippen LogP contribution is -2.53. The first-order chi connectivity index (χ1) is 9.23. The molecule has 0 saturated heterocycles. The second-order valence-corrected chi connectivity index (χ2v) is 6.33. The van der Waals surface area contributed by atoms with E-state index in [0.717, 1.165) is 16.5 Å². The van der Waals surface area contributed by atoms with Crippen molar-refractivity contribution in [2.45, 2.75) is 33.2 Å². The summed E-state index contributed by atoms with van der Waals surface area (Å²) in [7, 11) is 0. The molecule has 0 spiro atoms. The van der Waals surface area contributed by atoms with Crippen molar-refractivity contribution in [1.82, 2.24) is 0 Å². The van der Waals surface area contributed by atoms with Crippen molar-refractivity contribution in [2.24, 2.45) is 11.1 Å². The molecular formula is C17H22N2O. The number of nitrogens with one attached hydrogen (secondary N) is 1. The van der Waals surface area contributed by atoms with Gasteiger partial charge in [0.15, 0.2) is 0 Å². The number of carbonyl (C=O) groups is 1. The van der Waals surface area contributed by atoms with Gasteiger partial charge in [-0.1, -0.05) is 36.4 Å². The maximum Gasteiger partial charge on any atom is 0.231 e. The zero-order valence-corrected chi connectivity index (χ0v) is 12.5. The van der Waals surface area contributed by atoms with Gasteiger partial charge in [0.2, 0.25) is 5.91 Å². The molecule has 0 aromatic heterocycles. The summed E-state index contributed by atoms with van der Waals surface area (Å²) in [4.78, 5) is 12.5. The van der Waals surface area contributed by atoms with E-state index < -0.39 is 11.0 Å². The molecule has 0 bridgehead atoms. The summed E-state index contributed by atoms with van der Waals surface area (Å²) >= 11 is 0. The first kappa shape index (κ1) is 14.5. The van der Waals surface area contributed by atoms with E-state index in [-0.39, 0.29) is 5.91 Å². The summed E-state index contributed by atoms with van der Waals surface area (Å²) in [5.41, 5.74) is 5.69. The number of hydrogen-bond acceptors (Lipinski definition) is 2. The molecule has 20 heavy (non-hydrogen) atoms. The SMILES string of the molecule is CC(C)(N)C(C)(C)C(=O)Nc1cccc2ccccc12. The fourth-order valence-electron chi connectivity index (χ4n) is 1.91. The van der Waals surface area contributed by atoms with Gasteiger partial charge in [-0.25, -0.2) is 0 Å². The van der Waals surface area contributed by atoms with Crippen LogP contribution in [0.25, 0.3) is 10.8 Å². The number of fused-ring (bicyclic) bond motifs is 1. The third kappa shape index (κ3) is 2.54. The van der Waals surface area contributed by atoms with E-state index in [9.17, 15) is 4.79 Å². The Morgan fingerprint density at radius 2 is 1.60 bits per heavy atom. The van der Waals surface area contributed by atoms with Gasteiger partial charge in [-0.3, -0.25) is 4.79 Å². The van der Waals surface area contributed by atoms with Crippen LogP contribution in [-0.2, 0) is 4.79 Å². The van der Waals surface area contributed by atoms with Crippen molar-refractivity contribution < 1.29 is 4.79 Å². The molecule has 2 rings (SSSR count). The maximum atomic E-state index is 12.5. The van der Waals surface area contributed by atoms with E-state index in [0.29, 0.717) is 0 Å². The van der Waals surface area contributed by atoms with E-state index in [1.165, 1.54) is 0 Å². The van der Waals surface area contributed by atoms with Gasteiger partial charge in [-0.05, 0) is 39.1 Å². The number of anilines is 1. The Balaban J connectivity index is 2.36. The van der Waals surface area contributed by atoms with Gasteiger partial charge >= 0.3 is 0 Å². The fourth-order valence-corrected chi connectivity index (χ4v) is 1.91. The molecule has 2 aromatic rings. The van der Waals surface area contributed by atoms with Crippen LogP contribution >= 0.6 is 0 Å². The highest BCUT2D eigenvalue weighted by Gasteiger charge is 2.40. The smallest absolute Gasteiger partial charge is 0.231 e. The van der Waals surface area contributed by atoms with Crippen LogP contribution in [-0.4, -0.2) is 11.4 Å². The van der Waals surface area contributed by atoms with Gasteiger partial charge in [0.05, 0.1) is 5.41 Å². The van der Waals surface area contributed by atoms with Crippen LogP contribution in [0.2, 0.25) is 0 Å². The van der Waals surface area contributed by atoms with Gasteiger partial charge < -0.3 is 11.1 Å². The Bertz CT molecular complexity index is 633. The fraction of sp³-hybridized carbons (Fsp3) is 0.353. The van der Waals surface area contributed by atoms with E-state index in [2.05, 4.69) is 5.32 Å². The topological polar surface area (TPSA) is 55.1 Å². The van der Waals surface area contributed by atoms with Crippen LogP contribution in [0.15, 0.2) is 42.5 Å². The molecule has 1 amide bonds. The molecule has 0 atom stereocenters. The molecule has 0 saturated carbocycles. The van der Waals surface area contributed by atoms with Gasteiger partial charge in [0, 0.05) is 16.6 Å². The van der Waals surface area contributed by atoms with Crippen LogP contribution in [0.4, 0.5) is 5.69 Å². The Kier molecular flexibility index (Phi) is 3.57. The number of carbonyl (C=O) groups excluding carboxylic acids is 1. The van der Waals surface area contributed by atoms with Crippen molar-refractivity contribution in [1.29, 1.82) is 0 Å². The lowest BCUT2D eigenvalue weighted by atomic mass is 9.74. The predicted molar refractivity (Wildman–Crippen MR) is 84.6 cm³/mol. The predicted octanol–water partition coefficient (Wildman–Crippen LogP) is 3.54. The summed E-state index contributed by atoms with van der Waals surface area (Å²) in [6.07, 6.45) is 0. The minimum Gasteiger partial charge on any atom is -0.325 e. The summed E-state index contributed by atoms with van der Waals surface area (Å²) in [5.74, 6) is -0.0682. The highest BCUT2D eigenvalue weighted by Crippen LogP contribution is 2.31. The van der Waals surface area contributed by atoms with E-state index in [1.54, 1.807) is 0 Å². The van der Waals surface area contributed by atoms with Gasteiger partial charge in [0.25, 0.3) is 0 Å². The van der Waals surface area contributed by atoms with Crippen molar-refractivity contribution >= 4 is 22.4 Å². The summed E-state index contributed by atoms with van der Waals surface area (Å²) in [6.45, 7) is 7.48. The molecule has 0 fully saturated rings.